The van der Waals surface area contributed by atoms with Gasteiger partial charge in [0.15, 0.2) is 4.99 Å². The predicted octanol–water partition coefficient (Wildman–Crippen LogP) is 3.76. The summed E-state index contributed by atoms with van der Waals surface area (Å²) in [7, 11) is 1.42. The molecule has 0 radical (unpaired) electrons. The van der Waals surface area contributed by atoms with Gasteiger partial charge in [-0.3, -0.25) is 0 Å². The van der Waals surface area contributed by atoms with Gasteiger partial charge in [-0.05, 0) is 28.1 Å². The minimum absolute atomic E-state index is 0.210. The van der Waals surface area contributed by atoms with Gasteiger partial charge in [0.05, 0.1) is 17.3 Å². The molecule has 1 aromatic rings. The van der Waals surface area contributed by atoms with E-state index in [4.69, 9.17) is 4.74 Å². The monoisotopic (exact) mass is 313 g/mol. The van der Waals surface area contributed by atoms with E-state index >= 15 is 0 Å². The molecule has 7 heteroatoms. The van der Waals surface area contributed by atoms with E-state index in [-0.39, 0.29) is 5.69 Å². The first-order chi connectivity index (χ1) is 7.36. The Bertz CT molecular complexity index is 408. The van der Waals surface area contributed by atoms with Gasteiger partial charge >= 0.3 is 6.18 Å². The Kier molecular flexibility index (Phi) is 4.15. The van der Waals surface area contributed by atoms with Crippen molar-refractivity contribution in [2.45, 2.75) is 6.18 Å². The molecule has 88 valence electrons. The molecule has 0 aliphatic rings. The molecule has 0 aliphatic heterocycles. The number of ether oxygens (including phenoxy) is 1. The zero-order valence-electron chi connectivity index (χ0n) is 8.06. The first kappa shape index (κ1) is 13.2. The van der Waals surface area contributed by atoms with Crippen LogP contribution in [0.15, 0.2) is 22.7 Å². The molecular weight excluding hydrogens is 307 g/mol. The number of halogens is 4. The van der Waals surface area contributed by atoms with E-state index in [1.165, 1.54) is 13.2 Å². The van der Waals surface area contributed by atoms with Gasteiger partial charge in [-0.15, -0.1) is 0 Å². The Morgan fingerprint density at radius 3 is 2.56 bits per heavy atom. The fourth-order valence-corrected chi connectivity index (χ4v) is 1.59. The SMILES string of the molecule is COc1cccc(NC(=S)C(F)(F)F)c1Br. The van der Waals surface area contributed by atoms with E-state index in [0.717, 1.165) is 0 Å². The molecule has 0 fully saturated rings. The maximum absolute atomic E-state index is 12.2. The van der Waals surface area contributed by atoms with Crippen molar-refractivity contribution in [2.75, 3.05) is 12.4 Å². The van der Waals surface area contributed by atoms with E-state index in [1.807, 2.05) is 0 Å². The van der Waals surface area contributed by atoms with Crippen LogP contribution < -0.4 is 10.1 Å². The Labute approximate surface area is 104 Å². The highest BCUT2D eigenvalue weighted by atomic mass is 79.9. The van der Waals surface area contributed by atoms with Crippen LogP contribution in [-0.2, 0) is 0 Å². The first-order valence-corrected chi connectivity index (χ1v) is 5.27. The van der Waals surface area contributed by atoms with Gasteiger partial charge in [-0.1, -0.05) is 18.3 Å². The van der Waals surface area contributed by atoms with Crippen molar-refractivity contribution in [3.63, 3.8) is 0 Å². The zero-order valence-corrected chi connectivity index (χ0v) is 10.5. The van der Waals surface area contributed by atoms with Crippen molar-refractivity contribution >= 4 is 38.8 Å². The fourth-order valence-electron chi connectivity index (χ4n) is 0.958. The number of anilines is 1. The third-order valence-electron chi connectivity index (χ3n) is 1.69. The molecule has 0 heterocycles. The van der Waals surface area contributed by atoms with E-state index in [9.17, 15) is 13.2 Å². The number of benzene rings is 1. The van der Waals surface area contributed by atoms with Crippen molar-refractivity contribution in [1.82, 2.24) is 0 Å². The highest BCUT2D eigenvalue weighted by Gasteiger charge is 2.34. The summed E-state index contributed by atoms with van der Waals surface area (Å²) >= 11 is 7.34. The molecular formula is C9H7BrF3NOS. The standard InChI is InChI=1S/C9H7BrF3NOS/c1-15-6-4-2-3-5(7(6)10)14-8(16)9(11,12)13/h2-4H,1H3,(H,14,16). The molecule has 1 N–H and O–H groups in total. The summed E-state index contributed by atoms with van der Waals surface area (Å²) in [4.78, 5) is -1.19. The molecule has 0 saturated heterocycles. The zero-order chi connectivity index (χ0) is 12.3. The molecule has 0 saturated carbocycles. The maximum Gasteiger partial charge on any atom is 0.441 e. The van der Waals surface area contributed by atoms with Crippen LogP contribution in [0.1, 0.15) is 0 Å². The first-order valence-electron chi connectivity index (χ1n) is 4.07. The second kappa shape index (κ2) is 5.01. The molecule has 1 aromatic carbocycles. The molecule has 0 aliphatic carbocycles. The third-order valence-corrected chi connectivity index (χ3v) is 2.84. The molecule has 2 nitrogen and oxygen atoms in total. The van der Waals surface area contributed by atoms with Crippen molar-refractivity contribution in [1.29, 1.82) is 0 Å². The summed E-state index contributed by atoms with van der Waals surface area (Å²) in [5.41, 5.74) is 0.210. The van der Waals surface area contributed by atoms with E-state index < -0.39 is 11.2 Å². The highest BCUT2D eigenvalue weighted by molar-refractivity contribution is 9.10. The van der Waals surface area contributed by atoms with Gasteiger partial charge in [-0.2, -0.15) is 13.2 Å². The van der Waals surface area contributed by atoms with Crippen LogP contribution in [0.4, 0.5) is 18.9 Å². The van der Waals surface area contributed by atoms with E-state index in [2.05, 4.69) is 33.5 Å². The lowest BCUT2D eigenvalue weighted by atomic mass is 10.3. The number of hydrogen-bond donors (Lipinski definition) is 1. The predicted molar refractivity (Wildman–Crippen MR) is 63.0 cm³/mol. The lowest BCUT2D eigenvalue weighted by molar-refractivity contribution is -0.0562. The van der Waals surface area contributed by atoms with Crippen LogP contribution in [0.2, 0.25) is 0 Å². The van der Waals surface area contributed by atoms with Crippen molar-refractivity contribution < 1.29 is 17.9 Å². The molecule has 16 heavy (non-hydrogen) atoms. The van der Waals surface area contributed by atoms with Gasteiger partial charge in [0.25, 0.3) is 0 Å². The molecule has 0 unspecified atom stereocenters. The van der Waals surface area contributed by atoms with E-state index in [1.54, 1.807) is 12.1 Å². The molecule has 0 bridgehead atoms. The van der Waals surface area contributed by atoms with Crippen LogP contribution in [0, 0.1) is 0 Å². The number of alkyl halides is 3. The topological polar surface area (TPSA) is 21.3 Å². The van der Waals surface area contributed by atoms with Crippen molar-refractivity contribution in [3.8, 4) is 5.75 Å². The molecule has 1 rings (SSSR count). The quantitative estimate of drug-likeness (QED) is 0.840. The van der Waals surface area contributed by atoms with Gasteiger partial charge in [-0.25, -0.2) is 0 Å². The lowest BCUT2D eigenvalue weighted by Crippen LogP contribution is -2.28. The van der Waals surface area contributed by atoms with Gasteiger partial charge in [0.1, 0.15) is 5.75 Å². The molecule has 0 atom stereocenters. The summed E-state index contributed by atoms with van der Waals surface area (Å²) in [5, 5.41) is 2.10. The fraction of sp³-hybridized carbons (Fsp3) is 0.222. The highest BCUT2D eigenvalue weighted by Crippen LogP contribution is 2.33. The van der Waals surface area contributed by atoms with Crippen molar-refractivity contribution in [2.24, 2.45) is 0 Å². The van der Waals surface area contributed by atoms with Gasteiger partial charge in [0, 0.05) is 0 Å². The number of thiocarbonyl (C=S) groups is 1. The Balaban J connectivity index is 2.94. The maximum atomic E-state index is 12.2. The van der Waals surface area contributed by atoms with Crippen LogP contribution in [-0.4, -0.2) is 18.3 Å². The summed E-state index contributed by atoms with van der Waals surface area (Å²) in [6, 6.07) is 4.64. The summed E-state index contributed by atoms with van der Waals surface area (Å²) < 4.78 is 41.9. The summed E-state index contributed by atoms with van der Waals surface area (Å²) in [6.07, 6.45) is -4.54. The minimum atomic E-state index is -4.54. The third kappa shape index (κ3) is 3.08. The van der Waals surface area contributed by atoms with Crippen molar-refractivity contribution in [3.05, 3.63) is 22.7 Å². The largest absolute Gasteiger partial charge is 0.495 e. The van der Waals surface area contributed by atoms with Crippen LogP contribution >= 0.6 is 28.1 Å². The van der Waals surface area contributed by atoms with E-state index in [0.29, 0.717) is 10.2 Å². The number of rotatable bonds is 2. The average molecular weight is 314 g/mol. The molecule has 0 amide bonds. The second-order valence-electron chi connectivity index (χ2n) is 2.77. The second-order valence-corrected chi connectivity index (χ2v) is 3.97. The number of hydrogen-bond acceptors (Lipinski definition) is 2. The van der Waals surface area contributed by atoms with Crippen LogP contribution in [0.25, 0.3) is 0 Å². The number of methoxy groups -OCH3 is 1. The Morgan fingerprint density at radius 2 is 2.06 bits per heavy atom. The van der Waals surface area contributed by atoms with Crippen LogP contribution in [0.3, 0.4) is 0 Å². The molecule has 0 spiro atoms. The van der Waals surface area contributed by atoms with Gasteiger partial charge < -0.3 is 10.1 Å². The van der Waals surface area contributed by atoms with Gasteiger partial charge in [0.2, 0.25) is 0 Å². The normalized spacial score (nSPS) is 11.1. The summed E-state index contributed by atoms with van der Waals surface area (Å²) in [6.45, 7) is 0. The minimum Gasteiger partial charge on any atom is -0.495 e. The Hall–Kier alpha value is -0.820. The number of nitrogens with one attached hydrogen (secondary N) is 1. The average Bonchev–Trinajstić information content (AvgIpc) is 2.19. The van der Waals surface area contributed by atoms with Crippen LogP contribution in [0.5, 0.6) is 5.75 Å². The summed E-state index contributed by atoms with van der Waals surface area (Å²) in [5.74, 6) is 0.426. The Morgan fingerprint density at radius 1 is 1.44 bits per heavy atom. The molecule has 0 aromatic heterocycles. The lowest BCUT2D eigenvalue weighted by Gasteiger charge is -2.13. The smallest absolute Gasteiger partial charge is 0.441 e.